The van der Waals surface area contributed by atoms with Crippen LogP contribution in [0, 0.1) is 10.1 Å². The lowest BCUT2D eigenvalue weighted by molar-refractivity contribution is -0.383. The van der Waals surface area contributed by atoms with Crippen LogP contribution in [0.25, 0.3) is 0 Å². The molecule has 0 spiro atoms. The van der Waals surface area contributed by atoms with Gasteiger partial charge in [-0.15, -0.1) is 0 Å². The van der Waals surface area contributed by atoms with Gasteiger partial charge >= 0.3 is 0 Å². The molecule has 2 atom stereocenters. The molecule has 3 rings (SSSR count). The second-order valence-electron chi connectivity index (χ2n) is 6.95. The number of anilines is 1. The molecule has 0 bridgehead atoms. The molecule has 30 heavy (non-hydrogen) atoms. The molecule has 0 aromatic heterocycles. The number of benzene rings is 2. The van der Waals surface area contributed by atoms with Gasteiger partial charge in [0, 0.05) is 19.2 Å². The van der Waals surface area contributed by atoms with Crippen molar-refractivity contribution < 1.29 is 22.9 Å². The maximum atomic E-state index is 13.1. The predicted molar refractivity (Wildman–Crippen MR) is 111 cm³/mol. The van der Waals surface area contributed by atoms with E-state index >= 15 is 0 Å². The van der Waals surface area contributed by atoms with Crippen LogP contribution in [0.2, 0.25) is 5.02 Å². The molecule has 9 nitrogen and oxygen atoms in total. The van der Waals surface area contributed by atoms with Crippen molar-refractivity contribution in [1.29, 1.82) is 0 Å². The van der Waals surface area contributed by atoms with E-state index in [1.165, 1.54) is 46.8 Å². The summed E-state index contributed by atoms with van der Waals surface area (Å²) in [6.45, 7) is 3.94. The van der Waals surface area contributed by atoms with Crippen LogP contribution in [0.15, 0.2) is 47.4 Å². The van der Waals surface area contributed by atoms with E-state index in [1.807, 2.05) is 0 Å². The Morgan fingerprint density at radius 1 is 1.20 bits per heavy atom. The Bertz CT molecular complexity index is 1080. The quantitative estimate of drug-likeness (QED) is 0.548. The predicted octanol–water partition coefficient (Wildman–Crippen LogP) is 3.30. The molecule has 0 radical (unpaired) electrons. The summed E-state index contributed by atoms with van der Waals surface area (Å²) in [6, 6.07) is 9.44. The summed E-state index contributed by atoms with van der Waals surface area (Å²) < 4.78 is 33.0. The fourth-order valence-electron chi connectivity index (χ4n) is 3.24. The molecule has 1 amide bonds. The van der Waals surface area contributed by atoms with Crippen LogP contribution in [-0.2, 0) is 14.8 Å². The maximum Gasteiger partial charge on any atom is 0.292 e. The van der Waals surface area contributed by atoms with Crippen molar-refractivity contribution in [3.05, 3.63) is 63.2 Å². The second-order valence-corrected chi connectivity index (χ2v) is 9.29. The van der Waals surface area contributed by atoms with Crippen molar-refractivity contribution in [3.63, 3.8) is 0 Å². The summed E-state index contributed by atoms with van der Waals surface area (Å²) in [4.78, 5) is 23.2. The van der Waals surface area contributed by atoms with Crippen LogP contribution in [0.5, 0.6) is 0 Å². The van der Waals surface area contributed by atoms with Gasteiger partial charge < -0.3 is 10.1 Å². The van der Waals surface area contributed by atoms with E-state index in [4.69, 9.17) is 16.3 Å². The van der Waals surface area contributed by atoms with Gasteiger partial charge in [-0.25, -0.2) is 8.42 Å². The molecule has 1 heterocycles. The summed E-state index contributed by atoms with van der Waals surface area (Å²) in [6.07, 6.45) is -0.533. The first-order valence-electron chi connectivity index (χ1n) is 9.09. The normalized spacial score (nSPS) is 20.0. The van der Waals surface area contributed by atoms with Crippen molar-refractivity contribution in [1.82, 2.24) is 4.31 Å². The summed E-state index contributed by atoms with van der Waals surface area (Å²) in [7, 11) is -3.89. The van der Waals surface area contributed by atoms with Crippen molar-refractivity contribution >= 4 is 38.9 Å². The Kier molecular flexibility index (Phi) is 6.41. The molecule has 160 valence electrons. The van der Waals surface area contributed by atoms with Crippen LogP contribution in [0.4, 0.5) is 11.4 Å². The smallest absolute Gasteiger partial charge is 0.292 e. The molecule has 1 N–H and O–H groups in total. The molecule has 2 aromatic carbocycles. The summed E-state index contributed by atoms with van der Waals surface area (Å²) in [5.41, 5.74) is -0.417. The molecule has 1 aliphatic rings. The highest BCUT2D eigenvalue weighted by molar-refractivity contribution is 7.89. The SMILES string of the molecule is C[C@@H]1CN(S(=O)(=O)c2ccc(Cl)c(C(=O)Nc3ccccc3[N+](=O)[O-])c2)C[C@H](C)O1. The molecule has 11 heteroatoms. The van der Waals surface area contributed by atoms with E-state index < -0.39 is 20.9 Å². The van der Waals surface area contributed by atoms with Crippen LogP contribution in [0.3, 0.4) is 0 Å². The highest BCUT2D eigenvalue weighted by Gasteiger charge is 2.33. The Balaban J connectivity index is 1.92. The number of nitrogens with zero attached hydrogens (tertiary/aromatic N) is 2. The maximum absolute atomic E-state index is 13.1. The zero-order chi connectivity index (χ0) is 22.1. The van der Waals surface area contributed by atoms with Crippen LogP contribution < -0.4 is 5.32 Å². The summed E-state index contributed by atoms with van der Waals surface area (Å²) in [5, 5.41) is 13.6. The fraction of sp³-hybridized carbons (Fsp3) is 0.316. The lowest BCUT2D eigenvalue weighted by Gasteiger charge is -2.34. The number of ether oxygens (including phenoxy) is 1. The number of carbonyl (C=O) groups excluding carboxylic acids is 1. The Morgan fingerprint density at radius 3 is 2.47 bits per heavy atom. The van der Waals surface area contributed by atoms with Gasteiger partial charge in [-0.1, -0.05) is 23.7 Å². The number of para-hydroxylation sites is 2. The second kappa shape index (κ2) is 8.68. The zero-order valence-corrected chi connectivity index (χ0v) is 17.8. The van der Waals surface area contributed by atoms with E-state index in [2.05, 4.69) is 5.32 Å². The number of halogens is 1. The van der Waals surface area contributed by atoms with E-state index in [1.54, 1.807) is 13.8 Å². The average molecular weight is 454 g/mol. The van der Waals surface area contributed by atoms with E-state index in [9.17, 15) is 23.3 Å². The molecule has 0 unspecified atom stereocenters. The van der Waals surface area contributed by atoms with Gasteiger partial charge in [0.25, 0.3) is 11.6 Å². The van der Waals surface area contributed by atoms with Gasteiger partial charge in [0.2, 0.25) is 10.0 Å². The van der Waals surface area contributed by atoms with Crippen LogP contribution in [-0.4, -0.2) is 48.9 Å². The molecule has 1 fully saturated rings. The van der Waals surface area contributed by atoms with E-state index in [0.717, 1.165) is 0 Å². The molecule has 1 aliphatic heterocycles. The Hall–Kier alpha value is -2.53. The summed E-state index contributed by atoms with van der Waals surface area (Å²) in [5.74, 6) is -0.755. The highest BCUT2D eigenvalue weighted by Crippen LogP contribution is 2.28. The number of nitro groups is 1. The van der Waals surface area contributed by atoms with E-state index in [0.29, 0.717) is 0 Å². The van der Waals surface area contributed by atoms with Gasteiger partial charge in [0.05, 0.1) is 32.6 Å². The molecule has 0 aliphatic carbocycles. The van der Waals surface area contributed by atoms with Gasteiger partial charge in [-0.3, -0.25) is 14.9 Å². The minimum Gasteiger partial charge on any atom is -0.373 e. The largest absolute Gasteiger partial charge is 0.373 e. The van der Waals surface area contributed by atoms with Crippen molar-refractivity contribution in [3.8, 4) is 0 Å². The lowest BCUT2D eigenvalue weighted by Crippen LogP contribution is -2.48. The third kappa shape index (κ3) is 4.62. The summed E-state index contributed by atoms with van der Waals surface area (Å²) >= 11 is 6.12. The number of hydrogen-bond acceptors (Lipinski definition) is 6. The van der Waals surface area contributed by atoms with Gasteiger partial charge in [-0.05, 0) is 38.1 Å². The number of nitro benzene ring substituents is 1. The molecule has 2 aromatic rings. The topological polar surface area (TPSA) is 119 Å². The number of amides is 1. The van der Waals surface area contributed by atoms with Crippen molar-refractivity contribution in [2.24, 2.45) is 0 Å². The monoisotopic (exact) mass is 453 g/mol. The molecular formula is C19H20ClN3O6S. The lowest BCUT2D eigenvalue weighted by atomic mass is 10.2. The minimum absolute atomic E-state index is 0.0207. The number of morpholine rings is 1. The number of rotatable bonds is 5. The standard InChI is InChI=1S/C19H20ClN3O6S/c1-12-10-22(11-13(2)29-12)30(27,28)14-7-8-16(20)15(9-14)19(24)21-17-5-3-4-6-18(17)23(25)26/h3-9,12-13H,10-11H2,1-2H3,(H,21,24)/t12-,13+. The Labute approximate surface area is 178 Å². The van der Waals surface area contributed by atoms with Crippen molar-refractivity contribution in [2.75, 3.05) is 18.4 Å². The molecular weight excluding hydrogens is 434 g/mol. The number of carbonyl (C=O) groups is 1. The number of sulfonamides is 1. The highest BCUT2D eigenvalue weighted by atomic mass is 35.5. The number of nitrogens with one attached hydrogen (secondary N) is 1. The number of hydrogen-bond donors (Lipinski definition) is 1. The van der Waals surface area contributed by atoms with Crippen molar-refractivity contribution in [2.45, 2.75) is 31.0 Å². The fourth-order valence-corrected chi connectivity index (χ4v) is 5.06. The van der Waals surface area contributed by atoms with Crippen LogP contribution >= 0.6 is 11.6 Å². The first kappa shape index (κ1) is 22.2. The third-order valence-corrected chi connectivity index (χ3v) is 6.71. The first-order chi connectivity index (χ1) is 14.1. The van der Waals surface area contributed by atoms with Gasteiger partial charge in [0.15, 0.2) is 0 Å². The molecule has 1 saturated heterocycles. The first-order valence-corrected chi connectivity index (χ1v) is 10.9. The third-order valence-electron chi connectivity index (χ3n) is 4.56. The average Bonchev–Trinajstić information content (AvgIpc) is 2.67. The molecule has 0 saturated carbocycles. The minimum atomic E-state index is -3.89. The van der Waals surface area contributed by atoms with Crippen LogP contribution in [0.1, 0.15) is 24.2 Å². The zero-order valence-electron chi connectivity index (χ0n) is 16.2. The Morgan fingerprint density at radius 2 is 1.83 bits per heavy atom. The van der Waals surface area contributed by atoms with Gasteiger partial charge in [0.1, 0.15) is 5.69 Å². The van der Waals surface area contributed by atoms with Gasteiger partial charge in [-0.2, -0.15) is 4.31 Å². The van der Waals surface area contributed by atoms with E-state index in [-0.39, 0.29) is 52.2 Å².